The summed E-state index contributed by atoms with van der Waals surface area (Å²) in [6, 6.07) is 10.5. The maximum Gasteiger partial charge on any atom is 0.159 e. The van der Waals surface area contributed by atoms with E-state index in [1.165, 1.54) is 12.1 Å². The van der Waals surface area contributed by atoms with Crippen LogP contribution in [-0.2, 0) is 0 Å². The lowest BCUT2D eigenvalue weighted by molar-refractivity contribution is 0.313. The lowest BCUT2D eigenvalue weighted by atomic mass is 10.1. The molecule has 2 N–H and O–H groups in total. The molecule has 0 unspecified atom stereocenters. The van der Waals surface area contributed by atoms with Crippen LogP contribution in [0.25, 0.3) is 44.9 Å². The van der Waals surface area contributed by atoms with E-state index in [2.05, 4.69) is 48.1 Å². The SMILES string of the molecule is CN1CCN(c2cncc(-c3cc(-c4nc5c(-c6cccc(F)c6)cncc5[nH]4)n[nH]3)c2)CC1. The van der Waals surface area contributed by atoms with Crippen molar-refractivity contribution >= 4 is 16.7 Å². The van der Waals surface area contributed by atoms with Gasteiger partial charge in [0.05, 0.1) is 34.8 Å². The van der Waals surface area contributed by atoms with Gasteiger partial charge in [0, 0.05) is 49.7 Å². The first-order valence-corrected chi connectivity index (χ1v) is 11.2. The third kappa shape index (κ3) is 3.80. The Bertz CT molecular complexity index is 1460. The monoisotopic (exact) mass is 454 g/mol. The molecule has 1 aliphatic rings. The summed E-state index contributed by atoms with van der Waals surface area (Å²) < 4.78 is 13.8. The molecular formula is C25H23FN8. The third-order valence-corrected chi connectivity index (χ3v) is 6.25. The largest absolute Gasteiger partial charge is 0.368 e. The number of hydrogen-bond donors (Lipinski definition) is 2. The predicted molar refractivity (Wildman–Crippen MR) is 130 cm³/mol. The van der Waals surface area contributed by atoms with Crippen LogP contribution in [0.2, 0.25) is 0 Å². The number of piperazine rings is 1. The molecule has 1 aliphatic heterocycles. The molecule has 5 aromatic rings. The van der Waals surface area contributed by atoms with Gasteiger partial charge in [-0.3, -0.25) is 15.1 Å². The van der Waals surface area contributed by atoms with Gasteiger partial charge >= 0.3 is 0 Å². The number of halogens is 1. The van der Waals surface area contributed by atoms with Gasteiger partial charge in [0.25, 0.3) is 0 Å². The van der Waals surface area contributed by atoms with Crippen molar-refractivity contribution in [3.63, 3.8) is 0 Å². The molecule has 0 amide bonds. The number of fused-ring (bicyclic) bond motifs is 1. The van der Waals surface area contributed by atoms with E-state index in [9.17, 15) is 4.39 Å². The van der Waals surface area contributed by atoms with Gasteiger partial charge in [0.2, 0.25) is 0 Å². The first-order chi connectivity index (χ1) is 16.6. The van der Waals surface area contributed by atoms with Gasteiger partial charge in [0.1, 0.15) is 11.5 Å². The molecule has 1 saturated heterocycles. The quantitative estimate of drug-likeness (QED) is 0.427. The number of pyridine rings is 2. The van der Waals surface area contributed by atoms with Crippen LogP contribution in [0.1, 0.15) is 0 Å². The second-order valence-corrected chi connectivity index (χ2v) is 8.57. The highest BCUT2D eigenvalue weighted by Gasteiger charge is 2.17. The minimum Gasteiger partial charge on any atom is -0.368 e. The summed E-state index contributed by atoms with van der Waals surface area (Å²) in [5.41, 5.74) is 6.59. The molecule has 4 aromatic heterocycles. The third-order valence-electron chi connectivity index (χ3n) is 6.25. The maximum absolute atomic E-state index is 13.8. The minimum absolute atomic E-state index is 0.297. The van der Waals surface area contributed by atoms with Crippen molar-refractivity contribution in [1.29, 1.82) is 0 Å². The Labute approximate surface area is 195 Å². The van der Waals surface area contributed by atoms with Gasteiger partial charge in [-0.1, -0.05) is 12.1 Å². The zero-order valence-corrected chi connectivity index (χ0v) is 18.7. The topological polar surface area (TPSA) is 89.6 Å². The van der Waals surface area contributed by atoms with E-state index in [4.69, 9.17) is 4.98 Å². The number of rotatable bonds is 4. The second-order valence-electron chi connectivity index (χ2n) is 8.57. The van der Waals surface area contributed by atoms with Crippen LogP contribution in [0.15, 0.2) is 61.2 Å². The molecular weight excluding hydrogens is 431 g/mol. The fourth-order valence-electron chi connectivity index (χ4n) is 4.33. The van der Waals surface area contributed by atoms with E-state index in [1.54, 1.807) is 18.5 Å². The molecule has 0 aliphatic carbocycles. The predicted octanol–water partition coefficient (Wildman–Crippen LogP) is 3.97. The standard InChI is InChI=1S/C25H23FN8/c1-33-5-7-34(8-6-33)19-10-17(12-27-13-19)21-11-22(32-31-21)25-29-23-15-28-14-20(24(23)30-25)16-3-2-4-18(26)9-16/h2-4,9-15H,5-8H2,1H3,(H,29,30)(H,31,32). The first kappa shape index (κ1) is 20.5. The number of nitrogens with zero attached hydrogens (tertiary/aromatic N) is 6. The van der Waals surface area contributed by atoms with Crippen molar-refractivity contribution in [3.05, 3.63) is 67.0 Å². The van der Waals surface area contributed by atoms with Crippen LogP contribution in [0, 0.1) is 5.82 Å². The highest BCUT2D eigenvalue weighted by Crippen LogP contribution is 2.30. The molecule has 0 spiro atoms. The Hall–Kier alpha value is -4.11. The van der Waals surface area contributed by atoms with Crippen LogP contribution >= 0.6 is 0 Å². The summed E-state index contributed by atoms with van der Waals surface area (Å²) in [6.07, 6.45) is 7.16. The van der Waals surface area contributed by atoms with Crippen LogP contribution in [0.5, 0.6) is 0 Å². The number of H-pyrrole nitrogens is 2. The number of hydrogen-bond acceptors (Lipinski definition) is 6. The average Bonchev–Trinajstić information content (AvgIpc) is 3.52. The highest BCUT2D eigenvalue weighted by atomic mass is 19.1. The van der Waals surface area contributed by atoms with E-state index in [-0.39, 0.29) is 5.82 Å². The van der Waals surface area contributed by atoms with Crippen LogP contribution < -0.4 is 4.90 Å². The van der Waals surface area contributed by atoms with Crippen molar-refractivity contribution in [3.8, 4) is 33.9 Å². The molecule has 6 rings (SSSR count). The molecule has 0 radical (unpaired) electrons. The summed E-state index contributed by atoms with van der Waals surface area (Å²) in [5.74, 6) is 0.320. The second kappa shape index (κ2) is 8.35. The molecule has 0 bridgehead atoms. The minimum atomic E-state index is -0.297. The molecule has 1 aromatic carbocycles. The van der Waals surface area contributed by atoms with Crippen molar-refractivity contribution < 1.29 is 4.39 Å². The molecule has 170 valence electrons. The average molecular weight is 455 g/mol. The molecule has 8 nitrogen and oxygen atoms in total. The van der Waals surface area contributed by atoms with Crippen molar-refractivity contribution in [2.75, 3.05) is 38.1 Å². The number of likely N-dealkylation sites (N-methyl/N-ethyl adjacent to an activating group) is 1. The van der Waals surface area contributed by atoms with Gasteiger partial charge in [0.15, 0.2) is 5.82 Å². The fourth-order valence-corrected chi connectivity index (χ4v) is 4.33. The van der Waals surface area contributed by atoms with Crippen molar-refractivity contribution in [1.82, 2.24) is 35.0 Å². The van der Waals surface area contributed by atoms with Gasteiger partial charge in [-0.2, -0.15) is 5.10 Å². The van der Waals surface area contributed by atoms with E-state index >= 15 is 0 Å². The van der Waals surface area contributed by atoms with E-state index in [0.29, 0.717) is 11.5 Å². The number of nitrogens with one attached hydrogen (secondary N) is 2. The summed E-state index contributed by atoms with van der Waals surface area (Å²) in [4.78, 5) is 21.5. The number of imidazole rings is 1. The molecule has 34 heavy (non-hydrogen) atoms. The number of anilines is 1. The Balaban J connectivity index is 1.32. The molecule has 5 heterocycles. The number of aromatic nitrogens is 6. The molecule has 1 fully saturated rings. The normalized spacial score (nSPS) is 14.7. The van der Waals surface area contributed by atoms with Crippen molar-refractivity contribution in [2.45, 2.75) is 0 Å². The van der Waals surface area contributed by atoms with Crippen LogP contribution in [0.3, 0.4) is 0 Å². The Morgan fingerprint density at radius 2 is 1.76 bits per heavy atom. The summed E-state index contributed by atoms with van der Waals surface area (Å²) >= 11 is 0. The molecule has 0 atom stereocenters. The number of benzene rings is 1. The van der Waals surface area contributed by atoms with Gasteiger partial charge in [-0.05, 0) is 36.9 Å². The molecule has 9 heteroatoms. The van der Waals surface area contributed by atoms with Crippen LogP contribution in [-0.4, -0.2) is 68.3 Å². The van der Waals surface area contributed by atoms with Crippen LogP contribution in [0.4, 0.5) is 10.1 Å². The lowest BCUT2D eigenvalue weighted by Crippen LogP contribution is -2.44. The highest BCUT2D eigenvalue weighted by molar-refractivity contribution is 5.92. The lowest BCUT2D eigenvalue weighted by Gasteiger charge is -2.33. The fraction of sp³-hybridized carbons (Fsp3) is 0.200. The Kier molecular flexibility index (Phi) is 5.03. The Morgan fingerprint density at radius 1 is 0.912 bits per heavy atom. The Morgan fingerprint density at radius 3 is 2.62 bits per heavy atom. The zero-order valence-electron chi connectivity index (χ0n) is 18.7. The maximum atomic E-state index is 13.8. The molecule has 0 saturated carbocycles. The van der Waals surface area contributed by atoms with Gasteiger partial charge < -0.3 is 14.8 Å². The zero-order chi connectivity index (χ0) is 23.1. The number of aromatic amines is 2. The first-order valence-electron chi connectivity index (χ1n) is 11.2. The summed E-state index contributed by atoms with van der Waals surface area (Å²) in [5, 5.41) is 7.59. The smallest absolute Gasteiger partial charge is 0.159 e. The van der Waals surface area contributed by atoms with E-state index < -0.39 is 0 Å². The van der Waals surface area contributed by atoms with E-state index in [1.807, 2.05) is 24.5 Å². The van der Waals surface area contributed by atoms with Gasteiger partial charge in [-0.15, -0.1) is 0 Å². The van der Waals surface area contributed by atoms with E-state index in [0.717, 1.165) is 65.3 Å². The summed E-state index contributed by atoms with van der Waals surface area (Å²) in [7, 11) is 2.15. The van der Waals surface area contributed by atoms with Crippen molar-refractivity contribution in [2.24, 2.45) is 0 Å². The van der Waals surface area contributed by atoms with Gasteiger partial charge in [-0.25, -0.2) is 9.37 Å². The summed E-state index contributed by atoms with van der Waals surface area (Å²) in [6.45, 7) is 4.04.